The topological polar surface area (TPSA) is 26.7 Å². The van der Waals surface area contributed by atoms with Crippen molar-refractivity contribution >= 4 is 0 Å². The summed E-state index contributed by atoms with van der Waals surface area (Å²) in [6.07, 6.45) is 3.53. The van der Waals surface area contributed by atoms with Gasteiger partial charge in [0.2, 0.25) is 0 Å². The Hall–Kier alpha value is -0.120. The second kappa shape index (κ2) is 5.25. The van der Waals surface area contributed by atoms with Gasteiger partial charge in [-0.2, -0.15) is 0 Å². The molecule has 2 aliphatic rings. The third-order valence-corrected chi connectivity index (χ3v) is 4.71. The lowest BCUT2D eigenvalue weighted by Gasteiger charge is -2.29. The standard InChI is InChI=1S/C14H28N2O/c1-14(2)6-5-12(13(14)17)11-16-8-4-7-15(3)9-10-16/h12-13,17H,4-11H2,1-3H3. The molecular formula is C14H28N2O. The summed E-state index contributed by atoms with van der Waals surface area (Å²) in [5, 5.41) is 10.3. The molecule has 17 heavy (non-hydrogen) atoms. The molecule has 1 saturated heterocycles. The first kappa shape index (κ1) is 13.3. The van der Waals surface area contributed by atoms with Crippen LogP contribution >= 0.6 is 0 Å². The van der Waals surface area contributed by atoms with Crippen LogP contribution in [0.15, 0.2) is 0 Å². The number of hydrogen-bond acceptors (Lipinski definition) is 3. The fraction of sp³-hybridized carbons (Fsp3) is 1.00. The van der Waals surface area contributed by atoms with Gasteiger partial charge in [-0.25, -0.2) is 0 Å². The Kier molecular flexibility index (Phi) is 4.11. The van der Waals surface area contributed by atoms with Crippen molar-refractivity contribution in [3.8, 4) is 0 Å². The Morgan fingerprint density at radius 3 is 2.59 bits per heavy atom. The van der Waals surface area contributed by atoms with Gasteiger partial charge in [-0.15, -0.1) is 0 Å². The van der Waals surface area contributed by atoms with Crippen LogP contribution in [-0.4, -0.2) is 60.8 Å². The summed E-state index contributed by atoms with van der Waals surface area (Å²) in [5.74, 6) is 0.494. The van der Waals surface area contributed by atoms with Gasteiger partial charge < -0.3 is 14.9 Å². The Morgan fingerprint density at radius 2 is 1.94 bits per heavy atom. The Labute approximate surface area is 106 Å². The monoisotopic (exact) mass is 240 g/mol. The molecule has 3 nitrogen and oxygen atoms in total. The second-order valence-electron chi connectivity index (χ2n) is 6.69. The summed E-state index contributed by atoms with van der Waals surface area (Å²) in [4.78, 5) is 4.97. The average molecular weight is 240 g/mol. The van der Waals surface area contributed by atoms with Crippen LogP contribution in [0.25, 0.3) is 0 Å². The van der Waals surface area contributed by atoms with Crippen LogP contribution in [0.4, 0.5) is 0 Å². The molecule has 1 aliphatic carbocycles. The highest BCUT2D eigenvalue weighted by atomic mass is 16.3. The van der Waals surface area contributed by atoms with E-state index in [0.717, 1.165) is 6.54 Å². The third kappa shape index (κ3) is 3.21. The number of aliphatic hydroxyl groups excluding tert-OH is 1. The maximum Gasteiger partial charge on any atom is 0.0631 e. The van der Waals surface area contributed by atoms with Gasteiger partial charge in [0.15, 0.2) is 0 Å². The van der Waals surface area contributed by atoms with Gasteiger partial charge in [0, 0.05) is 19.6 Å². The molecule has 0 aromatic rings. The molecular weight excluding hydrogens is 212 g/mol. The summed E-state index contributed by atoms with van der Waals surface area (Å²) < 4.78 is 0. The van der Waals surface area contributed by atoms with E-state index in [1.165, 1.54) is 45.4 Å². The summed E-state index contributed by atoms with van der Waals surface area (Å²) >= 11 is 0. The van der Waals surface area contributed by atoms with E-state index >= 15 is 0 Å². The summed E-state index contributed by atoms with van der Waals surface area (Å²) in [7, 11) is 2.21. The molecule has 0 radical (unpaired) electrons. The van der Waals surface area contributed by atoms with E-state index in [0.29, 0.717) is 5.92 Å². The molecule has 3 heteroatoms. The van der Waals surface area contributed by atoms with E-state index in [-0.39, 0.29) is 11.5 Å². The zero-order valence-electron chi connectivity index (χ0n) is 11.7. The van der Waals surface area contributed by atoms with Gasteiger partial charge in [-0.1, -0.05) is 13.8 Å². The first-order valence-corrected chi connectivity index (χ1v) is 7.08. The van der Waals surface area contributed by atoms with Crippen molar-refractivity contribution in [1.29, 1.82) is 0 Å². The highest BCUT2D eigenvalue weighted by Crippen LogP contribution is 2.41. The molecule has 2 rings (SSSR count). The van der Waals surface area contributed by atoms with Crippen molar-refractivity contribution in [2.45, 2.75) is 39.2 Å². The molecule has 0 aromatic heterocycles. The van der Waals surface area contributed by atoms with Gasteiger partial charge in [0.25, 0.3) is 0 Å². The van der Waals surface area contributed by atoms with Crippen molar-refractivity contribution in [2.24, 2.45) is 11.3 Å². The minimum atomic E-state index is -0.108. The fourth-order valence-corrected chi connectivity index (χ4v) is 3.31. The maximum absolute atomic E-state index is 10.3. The Balaban J connectivity index is 1.85. The molecule has 2 unspecified atom stereocenters. The van der Waals surface area contributed by atoms with Crippen LogP contribution < -0.4 is 0 Å². The minimum absolute atomic E-state index is 0.108. The van der Waals surface area contributed by atoms with Crippen LogP contribution in [-0.2, 0) is 0 Å². The lowest BCUT2D eigenvalue weighted by atomic mass is 9.87. The van der Waals surface area contributed by atoms with E-state index < -0.39 is 0 Å². The van der Waals surface area contributed by atoms with Crippen LogP contribution in [0.2, 0.25) is 0 Å². The van der Waals surface area contributed by atoms with Crippen LogP contribution in [0.3, 0.4) is 0 Å². The van der Waals surface area contributed by atoms with Gasteiger partial charge >= 0.3 is 0 Å². The molecule has 100 valence electrons. The largest absolute Gasteiger partial charge is 0.392 e. The summed E-state index contributed by atoms with van der Waals surface area (Å²) in [6.45, 7) is 10.3. The Bertz CT molecular complexity index is 255. The number of likely N-dealkylation sites (N-methyl/N-ethyl adjacent to an activating group) is 1. The zero-order chi connectivity index (χ0) is 12.5. The Morgan fingerprint density at radius 1 is 1.18 bits per heavy atom. The lowest BCUT2D eigenvalue weighted by molar-refractivity contribution is 0.0331. The molecule has 1 aliphatic heterocycles. The van der Waals surface area contributed by atoms with Crippen LogP contribution in [0.5, 0.6) is 0 Å². The maximum atomic E-state index is 10.3. The number of hydrogen-bond donors (Lipinski definition) is 1. The minimum Gasteiger partial charge on any atom is -0.392 e. The van der Waals surface area contributed by atoms with Crippen molar-refractivity contribution in [3.63, 3.8) is 0 Å². The number of rotatable bonds is 2. The summed E-state index contributed by atoms with van der Waals surface area (Å²) in [5.41, 5.74) is 0.132. The predicted molar refractivity (Wildman–Crippen MR) is 71.1 cm³/mol. The van der Waals surface area contributed by atoms with E-state index in [9.17, 15) is 5.11 Å². The van der Waals surface area contributed by atoms with Crippen molar-refractivity contribution in [1.82, 2.24) is 9.80 Å². The molecule has 1 saturated carbocycles. The van der Waals surface area contributed by atoms with Gasteiger partial charge in [-0.3, -0.25) is 0 Å². The quantitative estimate of drug-likeness (QED) is 0.791. The van der Waals surface area contributed by atoms with Crippen LogP contribution in [0, 0.1) is 11.3 Å². The normalized spacial score (nSPS) is 36.0. The molecule has 1 N–H and O–H groups in total. The van der Waals surface area contributed by atoms with E-state index in [2.05, 4.69) is 30.7 Å². The summed E-state index contributed by atoms with van der Waals surface area (Å²) in [6, 6.07) is 0. The smallest absolute Gasteiger partial charge is 0.0631 e. The van der Waals surface area contributed by atoms with E-state index in [1.54, 1.807) is 0 Å². The van der Waals surface area contributed by atoms with E-state index in [4.69, 9.17) is 0 Å². The molecule has 2 fully saturated rings. The lowest BCUT2D eigenvalue weighted by Crippen LogP contribution is -2.38. The van der Waals surface area contributed by atoms with Crippen molar-refractivity contribution < 1.29 is 5.11 Å². The molecule has 0 aromatic carbocycles. The van der Waals surface area contributed by atoms with Gasteiger partial charge in [0.05, 0.1) is 6.10 Å². The molecule has 0 amide bonds. The van der Waals surface area contributed by atoms with Crippen LogP contribution in [0.1, 0.15) is 33.1 Å². The second-order valence-corrected chi connectivity index (χ2v) is 6.69. The highest BCUT2D eigenvalue weighted by molar-refractivity contribution is 4.92. The molecule has 1 heterocycles. The molecule has 0 spiro atoms. The number of aliphatic hydroxyl groups is 1. The van der Waals surface area contributed by atoms with Gasteiger partial charge in [0.1, 0.15) is 0 Å². The van der Waals surface area contributed by atoms with Gasteiger partial charge in [-0.05, 0) is 50.7 Å². The zero-order valence-corrected chi connectivity index (χ0v) is 11.7. The average Bonchev–Trinajstić information content (AvgIpc) is 2.44. The molecule has 2 atom stereocenters. The number of nitrogens with zero attached hydrogens (tertiary/aromatic N) is 2. The van der Waals surface area contributed by atoms with Crippen molar-refractivity contribution in [2.75, 3.05) is 39.8 Å². The van der Waals surface area contributed by atoms with E-state index in [1.807, 2.05) is 0 Å². The first-order valence-electron chi connectivity index (χ1n) is 7.08. The predicted octanol–water partition coefficient (Wildman–Crippen LogP) is 1.42. The van der Waals surface area contributed by atoms with Crippen molar-refractivity contribution in [3.05, 3.63) is 0 Å². The highest BCUT2D eigenvalue weighted by Gasteiger charge is 2.41. The fourth-order valence-electron chi connectivity index (χ4n) is 3.31. The SMILES string of the molecule is CN1CCCN(CC2CCC(C)(C)C2O)CC1. The molecule has 0 bridgehead atoms. The third-order valence-electron chi connectivity index (χ3n) is 4.71. The first-order chi connectivity index (χ1) is 7.99.